The van der Waals surface area contributed by atoms with Crippen LogP contribution in [0.1, 0.15) is 15.9 Å². The molecule has 0 spiro atoms. The van der Waals surface area contributed by atoms with E-state index in [2.05, 4.69) is 20.6 Å². The van der Waals surface area contributed by atoms with Gasteiger partial charge in [-0.2, -0.15) is 5.10 Å². The minimum atomic E-state index is -0.510. The third-order valence-corrected chi connectivity index (χ3v) is 5.56. The highest BCUT2D eigenvalue weighted by molar-refractivity contribution is 7.99. The van der Waals surface area contributed by atoms with E-state index in [9.17, 15) is 14.9 Å². The number of aryl methyl sites for hydroxylation is 1. The molecule has 2 heterocycles. The third-order valence-electron chi connectivity index (χ3n) is 4.45. The number of benzene rings is 2. The molecule has 0 saturated carbocycles. The Bertz CT molecular complexity index is 1220. The first-order chi connectivity index (χ1) is 15.0. The largest absolute Gasteiger partial charge is 0.348 e. The van der Waals surface area contributed by atoms with Crippen molar-refractivity contribution in [2.45, 2.75) is 16.6 Å². The summed E-state index contributed by atoms with van der Waals surface area (Å²) in [6.45, 7) is 0.293. The average Bonchev–Trinajstić information content (AvgIpc) is 3.45. The van der Waals surface area contributed by atoms with E-state index in [1.165, 1.54) is 12.4 Å². The fraction of sp³-hybridized carbons (Fsp3) is 0.100. The van der Waals surface area contributed by atoms with Gasteiger partial charge in [0.05, 0.1) is 15.5 Å². The Labute approximate surface area is 181 Å². The average molecular weight is 435 g/mol. The molecule has 1 amide bonds. The number of hydrogen-bond donors (Lipinski definition) is 1. The van der Waals surface area contributed by atoms with Crippen LogP contribution in [-0.4, -0.2) is 35.4 Å². The summed E-state index contributed by atoms with van der Waals surface area (Å²) in [4.78, 5) is 23.9. The molecule has 0 unspecified atom stereocenters. The second kappa shape index (κ2) is 8.79. The molecular weight excluding hydrogens is 418 g/mol. The molecule has 0 atom stereocenters. The maximum Gasteiger partial charge on any atom is 0.284 e. The minimum absolute atomic E-state index is 0.163. The minimum Gasteiger partial charge on any atom is -0.348 e. The molecular formula is C20H17N7O3S. The fourth-order valence-electron chi connectivity index (χ4n) is 2.82. The van der Waals surface area contributed by atoms with Crippen molar-refractivity contribution in [2.24, 2.45) is 7.05 Å². The SMILES string of the molecule is Cn1cnnc1Sc1ccc(C(=O)NCc2ccc(-n3cccn3)cc2)cc1[N+](=O)[O-]. The van der Waals surface area contributed by atoms with Gasteiger partial charge >= 0.3 is 0 Å². The molecule has 2 aromatic heterocycles. The molecule has 156 valence electrons. The molecule has 0 saturated heterocycles. The maximum absolute atomic E-state index is 12.5. The monoisotopic (exact) mass is 435 g/mol. The first-order valence-electron chi connectivity index (χ1n) is 9.19. The van der Waals surface area contributed by atoms with Crippen molar-refractivity contribution in [3.05, 3.63) is 88.5 Å². The van der Waals surface area contributed by atoms with Crippen LogP contribution < -0.4 is 5.32 Å². The van der Waals surface area contributed by atoms with Gasteiger partial charge in [0.15, 0.2) is 5.16 Å². The van der Waals surface area contributed by atoms with Crippen molar-refractivity contribution in [1.82, 2.24) is 29.9 Å². The summed E-state index contributed by atoms with van der Waals surface area (Å²) in [5.41, 5.74) is 1.85. The number of nitro benzene ring substituents is 1. The molecule has 0 radical (unpaired) electrons. The molecule has 0 aliphatic heterocycles. The number of hydrogen-bond acceptors (Lipinski definition) is 7. The summed E-state index contributed by atoms with van der Waals surface area (Å²) in [7, 11) is 1.75. The van der Waals surface area contributed by atoms with E-state index >= 15 is 0 Å². The van der Waals surface area contributed by atoms with Gasteiger partial charge in [-0.25, -0.2) is 4.68 Å². The lowest BCUT2D eigenvalue weighted by atomic mass is 10.1. The molecule has 2 aromatic carbocycles. The van der Waals surface area contributed by atoms with Crippen LogP contribution in [0.2, 0.25) is 0 Å². The van der Waals surface area contributed by atoms with Gasteiger partial charge in [0.1, 0.15) is 6.33 Å². The number of carbonyl (C=O) groups is 1. The van der Waals surface area contributed by atoms with Gasteiger partial charge in [-0.15, -0.1) is 10.2 Å². The summed E-state index contributed by atoms with van der Waals surface area (Å²) in [6, 6.07) is 13.8. The number of aromatic nitrogens is 5. The van der Waals surface area contributed by atoms with Crippen LogP contribution in [0.4, 0.5) is 5.69 Å². The van der Waals surface area contributed by atoms with Crippen molar-refractivity contribution >= 4 is 23.4 Å². The number of nitro groups is 1. The molecule has 0 aliphatic rings. The van der Waals surface area contributed by atoms with E-state index in [0.29, 0.717) is 16.6 Å². The Kier molecular flexibility index (Phi) is 5.76. The standard InChI is InChI=1S/C20H17N7O3S/c1-25-13-22-24-20(25)31-18-8-5-15(11-17(18)27(29)30)19(28)21-12-14-3-6-16(7-4-14)26-10-2-9-23-26/h2-11,13H,12H2,1H3,(H,21,28). The highest BCUT2D eigenvalue weighted by Crippen LogP contribution is 2.34. The second-order valence-electron chi connectivity index (χ2n) is 6.57. The third kappa shape index (κ3) is 4.61. The van der Waals surface area contributed by atoms with Crippen LogP contribution in [0.15, 0.2) is 77.3 Å². The summed E-state index contributed by atoms with van der Waals surface area (Å²) in [6.07, 6.45) is 5.05. The Morgan fingerprint density at radius 3 is 2.68 bits per heavy atom. The number of nitrogens with one attached hydrogen (secondary N) is 1. The van der Waals surface area contributed by atoms with E-state index in [-0.39, 0.29) is 11.3 Å². The fourth-order valence-corrected chi connectivity index (χ4v) is 3.67. The molecule has 4 aromatic rings. The topological polar surface area (TPSA) is 121 Å². The van der Waals surface area contributed by atoms with Gasteiger partial charge in [0, 0.05) is 37.6 Å². The van der Waals surface area contributed by atoms with Crippen molar-refractivity contribution in [3.8, 4) is 5.69 Å². The van der Waals surface area contributed by atoms with Gasteiger partial charge in [-0.3, -0.25) is 14.9 Å². The Morgan fingerprint density at radius 2 is 2.03 bits per heavy atom. The van der Waals surface area contributed by atoms with Crippen molar-refractivity contribution in [3.63, 3.8) is 0 Å². The molecule has 0 aliphatic carbocycles. The number of carbonyl (C=O) groups excluding carboxylic acids is 1. The van der Waals surface area contributed by atoms with E-state index < -0.39 is 10.8 Å². The predicted molar refractivity (Wildman–Crippen MR) is 113 cm³/mol. The van der Waals surface area contributed by atoms with E-state index in [0.717, 1.165) is 23.0 Å². The lowest BCUT2D eigenvalue weighted by Gasteiger charge is -2.08. The Hall–Kier alpha value is -3.99. The normalized spacial score (nSPS) is 10.7. The smallest absolute Gasteiger partial charge is 0.284 e. The van der Waals surface area contributed by atoms with Gasteiger partial charge in [0.2, 0.25) is 0 Å². The Balaban J connectivity index is 1.45. The van der Waals surface area contributed by atoms with Crippen LogP contribution in [0, 0.1) is 10.1 Å². The van der Waals surface area contributed by atoms with Crippen LogP contribution in [0.25, 0.3) is 5.69 Å². The second-order valence-corrected chi connectivity index (χ2v) is 7.57. The lowest BCUT2D eigenvalue weighted by molar-refractivity contribution is -0.387. The molecule has 10 nitrogen and oxygen atoms in total. The van der Waals surface area contributed by atoms with Crippen LogP contribution in [0.5, 0.6) is 0 Å². The zero-order chi connectivity index (χ0) is 21.8. The molecule has 4 rings (SSSR count). The van der Waals surface area contributed by atoms with Crippen LogP contribution >= 0.6 is 11.8 Å². The van der Waals surface area contributed by atoms with Crippen LogP contribution in [0.3, 0.4) is 0 Å². The van der Waals surface area contributed by atoms with Crippen molar-refractivity contribution in [1.29, 1.82) is 0 Å². The van der Waals surface area contributed by atoms with Crippen molar-refractivity contribution < 1.29 is 9.72 Å². The van der Waals surface area contributed by atoms with E-state index in [1.807, 2.05) is 36.5 Å². The van der Waals surface area contributed by atoms with Gasteiger partial charge in [-0.1, -0.05) is 12.1 Å². The molecule has 0 fully saturated rings. The molecule has 0 bridgehead atoms. The van der Waals surface area contributed by atoms with E-state index in [1.54, 1.807) is 34.6 Å². The quantitative estimate of drug-likeness (QED) is 0.350. The summed E-state index contributed by atoms with van der Waals surface area (Å²) in [5, 5.41) is 26.7. The zero-order valence-electron chi connectivity index (χ0n) is 16.4. The first-order valence-corrected chi connectivity index (χ1v) is 10.0. The van der Waals surface area contributed by atoms with Gasteiger partial charge in [0.25, 0.3) is 11.6 Å². The summed E-state index contributed by atoms with van der Waals surface area (Å²) < 4.78 is 3.40. The lowest BCUT2D eigenvalue weighted by Crippen LogP contribution is -2.22. The summed E-state index contributed by atoms with van der Waals surface area (Å²) in [5.74, 6) is -0.394. The van der Waals surface area contributed by atoms with Crippen LogP contribution in [-0.2, 0) is 13.6 Å². The predicted octanol–water partition coefficient (Wildman–Crippen LogP) is 2.99. The Morgan fingerprint density at radius 1 is 1.23 bits per heavy atom. The number of nitrogens with zero attached hydrogens (tertiary/aromatic N) is 6. The van der Waals surface area contributed by atoms with Crippen molar-refractivity contribution in [2.75, 3.05) is 0 Å². The molecule has 31 heavy (non-hydrogen) atoms. The molecule has 11 heteroatoms. The highest BCUT2D eigenvalue weighted by atomic mass is 32.2. The van der Waals surface area contributed by atoms with Gasteiger partial charge in [-0.05, 0) is 47.7 Å². The number of rotatable bonds is 7. The highest BCUT2D eigenvalue weighted by Gasteiger charge is 2.20. The van der Waals surface area contributed by atoms with E-state index in [4.69, 9.17) is 0 Å². The summed E-state index contributed by atoms with van der Waals surface area (Å²) >= 11 is 1.12. The van der Waals surface area contributed by atoms with Gasteiger partial charge < -0.3 is 9.88 Å². The number of amides is 1. The zero-order valence-corrected chi connectivity index (χ0v) is 17.2. The first kappa shape index (κ1) is 20.3. The maximum atomic E-state index is 12.5. The molecule has 1 N–H and O–H groups in total.